The number of rotatable bonds is 5. The summed E-state index contributed by atoms with van der Waals surface area (Å²) in [5.74, 6) is 0.718. The Hall–Kier alpha value is -0.190. The molecule has 0 bridgehead atoms. The van der Waals surface area contributed by atoms with Gasteiger partial charge in [-0.25, -0.2) is 0 Å². The molecule has 1 aromatic rings. The van der Waals surface area contributed by atoms with Crippen molar-refractivity contribution < 1.29 is 4.21 Å². The second kappa shape index (κ2) is 6.40. The molecule has 1 rings (SSSR count). The van der Waals surface area contributed by atoms with E-state index in [0.29, 0.717) is 0 Å². The summed E-state index contributed by atoms with van der Waals surface area (Å²) in [4.78, 5) is 0. The van der Waals surface area contributed by atoms with E-state index in [1.807, 2.05) is 6.07 Å². The molecule has 0 amide bonds. The van der Waals surface area contributed by atoms with Gasteiger partial charge in [-0.1, -0.05) is 22.0 Å². The molecule has 0 aliphatic rings. The van der Waals surface area contributed by atoms with Crippen LogP contribution < -0.4 is 5.32 Å². The summed E-state index contributed by atoms with van der Waals surface area (Å²) in [6, 6.07) is 6.26. The van der Waals surface area contributed by atoms with Gasteiger partial charge < -0.3 is 5.32 Å². The Morgan fingerprint density at radius 2 is 2.20 bits per heavy atom. The number of hydrogen-bond acceptors (Lipinski definition) is 2. The average molecular weight is 290 g/mol. The van der Waals surface area contributed by atoms with Crippen molar-refractivity contribution in [3.05, 3.63) is 33.8 Å². The third-order valence-corrected chi connectivity index (χ3v) is 3.46. The van der Waals surface area contributed by atoms with Gasteiger partial charge in [0.25, 0.3) is 0 Å². The molecule has 84 valence electrons. The minimum absolute atomic E-state index is 0.702. The minimum atomic E-state index is -0.702. The summed E-state index contributed by atoms with van der Waals surface area (Å²) in [6.07, 6.45) is 1.73. The highest BCUT2D eigenvalue weighted by Gasteiger charge is 1.98. The van der Waals surface area contributed by atoms with Crippen LogP contribution in [0.4, 0.5) is 0 Å². The smallest absolute Gasteiger partial charge is 0.0357 e. The van der Waals surface area contributed by atoms with E-state index in [1.165, 1.54) is 11.1 Å². The Labute approximate surface area is 102 Å². The highest BCUT2D eigenvalue weighted by molar-refractivity contribution is 9.10. The lowest BCUT2D eigenvalue weighted by molar-refractivity contribution is 0.676. The van der Waals surface area contributed by atoms with Crippen LogP contribution in [0.3, 0.4) is 0 Å². The molecule has 0 fully saturated rings. The quantitative estimate of drug-likeness (QED) is 0.843. The molecule has 1 unspecified atom stereocenters. The molecule has 0 heterocycles. The first kappa shape index (κ1) is 12.9. The van der Waals surface area contributed by atoms with Gasteiger partial charge in [0.15, 0.2) is 0 Å². The van der Waals surface area contributed by atoms with E-state index in [4.69, 9.17) is 0 Å². The predicted octanol–water partition coefficient (Wildman–Crippen LogP) is 2.23. The van der Waals surface area contributed by atoms with Gasteiger partial charge in [-0.3, -0.25) is 4.21 Å². The van der Waals surface area contributed by atoms with Crippen molar-refractivity contribution in [1.82, 2.24) is 5.32 Å². The van der Waals surface area contributed by atoms with Crippen molar-refractivity contribution in [2.24, 2.45) is 0 Å². The molecule has 0 saturated heterocycles. The highest BCUT2D eigenvalue weighted by atomic mass is 79.9. The largest absolute Gasteiger partial charge is 0.312 e. The maximum Gasteiger partial charge on any atom is 0.0357 e. The van der Waals surface area contributed by atoms with Crippen LogP contribution in [0.2, 0.25) is 0 Å². The molecule has 0 aromatic heterocycles. The highest BCUT2D eigenvalue weighted by Crippen LogP contribution is 2.15. The lowest BCUT2D eigenvalue weighted by atomic mass is 10.1. The first-order valence-electron chi connectivity index (χ1n) is 4.85. The van der Waals surface area contributed by atoms with E-state index in [-0.39, 0.29) is 0 Å². The Balaban J connectivity index is 2.40. The van der Waals surface area contributed by atoms with Crippen LogP contribution in [0.5, 0.6) is 0 Å². The van der Waals surface area contributed by atoms with Crippen LogP contribution in [0.15, 0.2) is 22.7 Å². The Morgan fingerprint density at radius 1 is 1.47 bits per heavy atom. The predicted molar refractivity (Wildman–Crippen MR) is 69.5 cm³/mol. The van der Waals surface area contributed by atoms with Gasteiger partial charge in [0, 0.05) is 40.4 Å². The molecular formula is C11H16BrNOS. The summed E-state index contributed by atoms with van der Waals surface area (Å²) in [5.41, 5.74) is 2.56. The zero-order valence-electron chi connectivity index (χ0n) is 9.05. The second-order valence-electron chi connectivity index (χ2n) is 3.52. The van der Waals surface area contributed by atoms with E-state index < -0.39 is 10.8 Å². The molecule has 15 heavy (non-hydrogen) atoms. The van der Waals surface area contributed by atoms with Gasteiger partial charge in [-0.2, -0.15) is 0 Å². The van der Waals surface area contributed by atoms with Crippen LogP contribution >= 0.6 is 15.9 Å². The van der Waals surface area contributed by atoms with E-state index >= 15 is 0 Å². The first-order valence-corrected chi connectivity index (χ1v) is 7.37. The van der Waals surface area contributed by atoms with Crippen molar-refractivity contribution in [3.8, 4) is 0 Å². The molecule has 0 radical (unpaired) electrons. The Morgan fingerprint density at radius 3 is 2.80 bits per heavy atom. The third-order valence-electron chi connectivity index (χ3n) is 2.19. The fourth-order valence-corrected chi connectivity index (χ4v) is 2.20. The lowest BCUT2D eigenvalue weighted by Gasteiger charge is -2.07. The number of nitrogens with one attached hydrogen (secondary N) is 1. The van der Waals surface area contributed by atoms with Crippen LogP contribution in [0.25, 0.3) is 0 Å². The van der Waals surface area contributed by atoms with Crippen LogP contribution in [0.1, 0.15) is 11.1 Å². The van der Waals surface area contributed by atoms with E-state index in [1.54, 1.807) is 6.26 Å². The SMILES string of the molecule is Cc1cc(Br)ccc1CNCCS(C)=O. The van der Waals surface area contributed by atoms with Gasteiger partial charge in [-0.05, 0) is 30.2 Å². The van der Waals surface area contributed by atoms with E-state index in [0.717, 1.165) is 23.3 Å². The van der Waals surface area contributed by atoms with Gasteiger partial charge in [-0.15, -0.1) is 0 Å². The van der Waals surface area contributed by atoms with Crippen LogP contribution in [-0.4, -0.2) is 22.8 Å². The summed E-state index contributed by atoms with van der Waals surface area (Å²) < 4.78 is 11.9. The minimum Gasteiger partial charge on any atom is -0.312 e. The van der Waals surface area contributed by atoms with Gasteiger partial charge >= 0.3 is 0 Å². The Bertz CT molecular complexity index is 354. The third kappa shape index (κ3) is 4.91. The van der Waals surface area contributed by atoms with Crippen molar-refractivity contribution in [2.75, 3.05) is 18.6 Å². The number of halogens is 1. The summed E-state index contributed by atoms with van der Waals surface area (Å²) in [6.45, 7) is 3.74. The summed E-state index contributed by atoms with van der Waals surface area (Å²) >= 11 is 3.44. The van der Waals surface area contributed by atoms with Gasteiger partial charge in [0.2, 0.25) is 0 Å². The zero-order chi connectivity index (χ0) is 11.3. The molecule has 0 aliphatic carbocycles. The van der Waals surface area contributed by atoms with E-state index in [2.05, 4.69) is 40.3 Å². The topological polar surface area (TPSA) is 29.1 Å². The molecule has 0 aliphatic heterocycles. The standard InChI is InChI=1S/C11H16BrNOS/c1-9-7-11(12)4-3-10(9)8-13-5-6-15(2)14/h3-4,7,13H,5-6,8H2,1-2H3. The zero-order valence-corrected chi connectivity index (χ0v) is 11.5. The van der Waals surface area contributed by atoms with Crippen molar-refractivity contribution >= 4 is 26.7 Å². The first-order chi connectivity index (χ1) is 7.09. The second-order valence-corrected chi connectivity index (χ2v) is 6.00. The Kier molecular flexibility index (Phi) is 5.50. The summed E-state index contributed by atoms with van der Waals surface area (Å²) in [5, 5.41) is 3.28. The van der Waals surface area contributed by atoms with Crippen molar-refractivity contribution in [2.45, 2.75) is 13.5 Å². The molecule has 1 N–H and O–H groups in total. The molecule has 0 spiro atoms. The average Bonchev–Trinajstić information content (AvgIpc) is 2.14. The number of aryl methyl sites for hydroxylation is 1. The van der Waals surface area contributed by atoms with Crippen molar-refractivity contribution in [1.29, 1.82) is 0 Å². The summed E-state index contributed by atoms with van der Waals surface area (Å²) in [7, 11) is -0.702. The molecule has 1 atom stereocenters. The normalized spacial score (nSPS) is 12.7. The van der Waals surface area contributed by atoms with E-state index in [9.17, 15) is 4.21 Å². The molecule has 0 saturated carbocycles. The van der Waals surface area contributed by atoms with Gasteiger partial charge in [0.1, 0.15) is 0 Å². The monoisotopic (exact) mass is 289 g/mol. The van der Waals surface area contributed by atoms with Gasteiger partial charge in [0.05, 0.1) is 0 Å². The lowest BCUT2D eigenvalue weighted by Crippen LogP contribution is -2.20. The molecule has 2 nitrogen and oxygen atoms in total. The maximum atomic E-state index is 10.8. The fourth-order valence-electron chi connectivity index (χ4n) is 1.30. The maximum absolute atomic E-state index is 10.8. The fraction of sp³-hybridized carbons (Fsp3) is 0.455. The number of hydrogen-bond donors (Lipinski definition) is 1. The van der Waals surface area contributed by atoms with Crippen molar-refractivity contribution in [3.63, 3.8) is 0 Å². The van der Waals surface area contributed by atoms with Crippen LogP contribution in [-0.2, 0) is 17.3 Å². The number of benzene rings is 1. The molecule has 1 aromatic carbocycles. The molecule has 4 heteroatoms. The van der Waals surface area contributed by atoms with Crippen LogP contribution in [0, 0.1) is 6.92 Å². The molecular weight excluding hydrogens is 274 g/mol.